The summed E-state index contributed by atoms with van der Waals surface area (Å²) in [5.41, 5.74) is -0.384. The Morgan fingerprint density at radius 2 is 1.90 bits per heavy atom. The van der Waals surface area contributed by atoms with E-state index in [1.165, 1.54) is 13.0 Å². The summed E-state index contributed by atoms with van der Waals surface area (Å²) in [5.74, 6) is -3.29. The number of ether oxygens (including phenoxy) is 1. The zero-order chi connectivity index (χ0) is 22.2. The minimum atomic E-state index is -3.91. The van der Waals surface area contributed by atoms with Gasteiger partial charge in [0.1, 0.15) is 11.6 Å². The van der Waals surface area contributed by atoms with Gasteiger partial charge in [0.05, 0.1) is 18.4 Å². The SMILES string of the molecule is CCN1CC2(CCN(CCc3cc(F)ccc3F)CC2)O[C@](C)(OS(C)(=O)=O)C1=O. The first-order valence-corrected chi connectivity index (χ1v) is 11.8. The molecule has 2 fully saturated rings. The van der Waals surface area contributed by atoms with Gasteiger partial charge < -0.3 is 14.5 Å². The van der Waals surface area contributed by atoms with Crippen LogP contribution in [0.3, 0.4) is 0 Å². The Balaban J connectivity index is 1.66. The van der Waals surface area contributed by atoms with Gasteiger partial charge in [0.25, 0.3) is 21.8 Å². The molecule has 1 amide bonds. The van der Waals surface area contributed by atoms with Crippen molar-refractivity contribution < 1.29 is 30.9 Å². The van der Waals surface area contributed by atoms with Crippen LogP contribution in [-0.2, 0) is 30.3 Å². The number of likely N-dealkylation sites (N-methyl/N-ethyl adjacent to an activating group) is 1. The van der Waals surface area contributed by atoms with Gasteiger partial charge in [-0.05, 0) is 49.9 Å². The van der Waals surface area contributed by atoms with Crippen molar-refractivity contribution in [1.29, 1.82) is 0 Å². The van der Waals surface area contributed by atoms with Crippen LogP contribution in [0, 0.1) is 11.6 Å². The monoisotopic (exact) mass is 446 g/mol. The molecule has 0 bridgehead atoms. The van der Waals surface area contributed by atoms with E-state index in [4.69, 9.17) is 8.92 Å². The van der Waals surface area contributed by atoms with Crippen molar-refractivity contribution in [3.8, 4) is 0 Å². The molecule has 1 aromatic carbocycles. The summed E-state index contributed by atoms with van der Waals surface area (Å²) in [4.78, 5) is 16.4. The predicted octanol–water partition coefficient (Wildman–Crippen LogP) is 1.91. The van der Waals surface area contributed by atoms with E-state index >= 15 is 0 Å². The van der Waals surface area contributed by atoms with Crippen molar-refractivity contribution in [3.05, 3.63) is 35.4 Å². The fraction of sp³-hybridized carbons (Fsp3) is 0.650. The van der Waals surface area contributed by atoms with Gasteiger partial charge in [-0.25, -0.2) is 13.0 Å². The highest BCUT2D eigenvalue weighted by Crippen LogP contribution is 2.38. The smallest absolute Gasteiger partial charge is 0.283 e. The van der Waals surface area contributed by atoms with Gasteiger partial charge in [0.15, 0.2) is 0 Å². The first-order chi connectivity index (χ1) is 14.0. The second-order valence-corrected chi connectivity index (χ2v) is 9.74. The lowest BCUT2D eigenvalue weighted by Crippen LogP contribution is -2.67. The largest absolute Gasteiger partial charge is 0.335 e. The molecular weight excluding hydrogens is 418 g/mol. The number of rotatable bonds is 6. The lowest BCUT2D eigenvalue weighted by molar-refractivity contribution is -0.273. The van der Waals surface area contributed by atoms with E-state index in [1.54, 1.807) is 4.90 Å². The minimum Gasteiger partial charge on any atom is -0.335 e. The molecule has 168 valence electrons. The summed E-state index contributed by atoms with van der Waals surface area (Å²) < 4.78 is 61.7. The number of nitrogens with zero attached hydrogens (tertiary/aromatic N) is 2. The molecule has 1 spiro atoms. The minimum absolute atomic E-state index is 0.334. The molecule has 0 aromatic heterocycles. The average Bonchev–Trinajstić information content (AvgIpc) is 2.65. The molecule has 1 atom stereocenters. The van der Waals surface area contributed by atoms with E-state index in [0.29, 0.717) is 57.5 Å². The summed E-state index contributed by atoms with van der Waals surface area (Å²) in [5, 5.41) is 0. The molecule has 0 aliphatic carbocycles. The van der Waals surface area contributed by atoms with Gasteiger partial charge in [0, 0.05) is 33.1 Å². The fourth-order valence-electron chi connectivity index (χ4n) is 4.25. The highest BCUT2D eigenvalue weighted by Gasteiger charge is 2.55. The van der Waals surface area contributed by atoms with Crippen LogP contribution in [0.2, 0.25) is 0 Å². The van der Waals surface area contributed by atoms with Crippen molar-refractivity contribution in [3.63, 3.8) is 0 Å². The molecule has 2 aliphatic rings. The normalized spacial score (nSPS) is 25.1. The van der Waals surface area contributed by atoms with Crippen LogP contribution in [0.25, 0.3) is 0 Å². The highest BCUT2D eigenvalue weighted by atomic mass is 32.2. The quantitative estimate of drug-likeness (QED) is 0.622. The van der Waals surface area contributed by atoms with Crippen LogP contribution in [0.1, 0.15) is 32.3 Å². The average molecular weight is 447 g/mol. The lowest BCUT2D eigenvalue weighted by atomic mass is 9.87. The molecule has 0 radical (unpaired) electrons. The molecular formula is C20H28F2N2O5S. The van der Waals surface area contributed by atoms with Gasteiger partial charge >= 0.3 is 0 Å². The van der Waals surface area contributed by atoms with Crippen LogP contribution in [0.5, 0.6) is 0 Å². The number of carbonyl (C=O) groups is 1. The van der Waals surface area contributed by atoms with E-state index in [-0.39, 0.29) is 0 Å². The number of morpholine rings is 1. The topological polar surface area (TPSA) is 76.2 Å². The van der Waals surface area contributed by atoms with Crippen molar-refractivity contribution in [2.75, 3.05) is 39.0 Å². The maximum Gasteiger partial charge on any atom is 0.283 e. The number of likely N-dealkylation sites (tertiary alicyclic amines) is 1. The first-order valence-electron chi connectivity index (χ1n) is 10.0. The summed E-state index contributed by atoms with van der Waals surface area (Å²) in [6, 6.07) is 3.44. The summed E-state index contributed by atoms with van der Waals surface area (Å²) in [7, 11) is -3.91. The van der Waals surface area contributed by atoms with Gasteiger partial charge in [-0.2, -0.15) is 8.42 Å². The van der Waals surface area contributed by atoms with E-state index in [0.717, 1.165) is 18.4 Å². The van der Waals surface area contributed by atoms with Crippen molar-refractivity contribution in [2.45, 2.75) is 44.5 Å². The van der Waals surface area contributed by atoms with E-state index in [2.05, 4.69) is 4.90 Å². The van der Waals surface area contributed by atoms with Crippen LogP contribution >= 0.6 is 0 Å². The van der Waals surface area contributed by atoms with Crippen LogP contribution in [-0.4, -0.2) is 74.5 Å². The molecule has 2 heterocycles. The van der Waals surface area contributed by atoms with Gasteiger partial charge in [-0.3, -0.25) is 4.79 Å². The predicted molar refractivity (Wildman–Crippen MR) is 106 cm³/mol. The van der Waals surface area contributed by atoms with Gasteiger partial charge in [-0.15, -0.1) is 0 Å². The molecule has 2 saturated heterocycles. The van der Waals surface area contributed by atoms with E-state index in [9.17, 15) is 22.0 Å². The second-order valence-electron chi connectivity index (χ2n) is 8.16. The Morgan fingerprint density at radius 3 is 2.50 bits per heavy atom. The summed E-state index contributed by atoms with van der Waals surface area (Å²) in [6.45, 7) is 5.74. The van der Waals surface area contributed by atoms with Crippen molar-refractivity contribution >= 4 is 16.0 Å². The van der Waals surface area contributed by atoms with Gasteiger partial charge in [-0.1, -0.05) is 0 Å². The van der Waals surface area contributed by atoms with Crippen LogP contribution in [0.4, 0.5) is 8.78 Å². The fourth-order valence-corrected chi connectivity index (χ4v) is 4.93. The standard InChI is InChI=1S/C20H28F2N2O5S/c1-4-24-14-20(28-19(2,18(24)25)29-30(3,26)27)8-11-23(12-9-20)10-7-15-13-16(21)5-6-17(15)22/h5-6,13H,4,7-12,14H2,1-3H3/t19-/m1/s1. The molecule has 0 unspecified atom stereocenters. The zero-order valence-corrected chi connectivity index (χ0v) is 18.3. The van der Waals surface area contributed by atoms with Gasteiger partial charge in [0.2, 0.25) is 0 Å². The number of hydrogen-bond acceptors (Lipinski definition) is 6. The molecule has 0 N–H and O–H groups in total. The van der Waals surface area contributed by atoms with Crippen molar-refractivity contribution in [1.82, 2.24) is 9.80 Å². The van der Waals surface area contributed by atoms with Crippen molar-refractivity contribution in [2.24, 2.45) is 0 Å². The number of piperidine rings is 1. The molecule has 7 nitrogen and oxygen atoms in total. The zero-order valence-electron chi connectivity index (χ0n) is 17.5. The number of benzene rings is 1. The second kappa shape index (κ2) is 8.49. The Kier molecular flexibility index (Phi) is 6.52. The number of halogens is 2. The Hall–Kier alpha value is -1.62. The third kappa shape index (κ3) is 5.16. The molecule has 30 heavy (non-hydrogen) atoms. The number of amides is 1. The van der Waals surface area contributed by atoms with Crippen LogP contribution in [0.15, 0.2) is 18.2 Å². The number of carbonyl (C=O) groups excluding carboxylic acids is 1. The molecule has 3 rings (SSSR count). The molecule has 0 saturated carbocycles. The summed E-state index contributed by atoms with van der Waals surface area (Å²) in [6.07, 6.45) is 2.39. The van der Waals surface area contributed by atoms with Crippen LogP contribution < -0.4 is 0 Å². The van der Waals surface area contributed by atoms with E-state index in [1.807, 2.05) is 6.92 Å². The third-order valence-corrected chi connectivity index (χ3v) is 6.35. The Labute approximate surface area is 176 Å². The third-order valence-electron chi connectivity index (χ3n) is 5.73. The summed E-state index contributed by atoms with van der Waals surface area (Å²) >= 11 is 0. The lowest BCUT2D eigenvalue weighted by Gasteiger charge is -2.52. The molecule has 10 heteroatoms. The Bertz CT molecular complexity index is 902. The molecule has 2 aliphatic heterocycles. The maximum atomic E-state index is 13.8. The molecule has 1 aromatic rings. The highest BCUT2D eigenvalue weighted by molar-refractivity contribution is 7.86. The Morgan fingerprint density at radius 1 is 1.23 bits per heavy atom. The van der Waals surface area contributed by atoms with E-state index < -0.39 is 39.0 Å². The first kappa shape index (κ1) is 23.1. The number of hydrogen-bond donors (Lipinski definition) is 0. The maximum absolute atomic E-state index is 13.8.